The minimum absolute atomic E-state index is 0.0850. The number of H-pyrrole nitrogens is 1. The van der Waals surface area contributed by atoms with E-state index in [1.165, 1.54) is 12.8 Å². The van der Waals surface area contributed by atoms with Gasteiger partial charge in [-0.2, -0.15) is 5.10 Å². The van der Waals surface area contributed by atoms with Gasteiger partial charge in [0.05, 0.1) is 0 Å². The summed E-state index contributed by atoms with van der Waals surface area (Å²) in [6, 6.07) is 1.84. The van der Waals surface area contributed by atoms with Crippen LogP contribution >= 0.6 is 0 Å². The molecule has 1 aliphatic rings. The fraction of sp³-hybridized carbons (Fsp3) is 0.733. The number of piperidine rings is 1. The van der Waals surface area contributed by atoms with E-state index in [1.807, 2.05) is 6.07 Å². The van der Waals surface area contributed by atoms with Gasteiger partial charge in [-0.05, 0) is 37.3 Å². The highest BCUT2D eigenvalue weighted by molar-refractivity contribution is 5.92. The normalized spacial score (nSPS) is 20.3. The van der Waals surface area contributed by atoms with Gasteiger partial charge in [0.2, 0.25) is 0 Å². The van der Waals surface area contributed by atoms with E-state index < -0.39 is 0 Å². The van der Waals surface area contributed by atoms with Crippen molar-refractivity contribution in [1.29, 1.82) is 0 Å². The second-order valence-electron chi connectivity index (χ2n) is 6.17. The van der Waals surface area contributed by atoms with Crippen molar-refractivity contribution in [1.82, 2.24) is 20.4 Å². The number of likely N-dealkylation sites (tertiary alicyclic amines) is 1. The Morgan fingerprint density at radius 3 is 3.05 bits per heavy atom. The Morgan fingerprint density at radius 1 is 1.60 bits per heavy atom. The zero-order valence-electron chi connectivity index (χ0n) is 12.8. The average molecular weight is 278 g/mol. The Kier molecular flexibility index (Phi) is 5.17. The van der Waals surface area contributed by atoms with Crippen molar-refractivity contribution in [2.24, 2.45) is 5.92 Å². The average Bonchev–Trinajstić information content (AvgIpc) is 2.88. The van der Waals surface area contributed by atoms with Gasteiger partial charge >= 0.3 is 0 Å². The fourth-order valence-electron chi connectivity index (χ4n) is 2.66. The fourth-order valence-corrected chi connectivity index (χ4v) is 2.66. The first kappa shape index (κ1) is 15.0. The molecule has 0 saturated carbocycles. The molecule has 2 rings (SSSR count). The van der Waals surface area contributed by atoms with Gasteiger partial charge in [-0.25, -0.2) is 0 Å². The molecule has 0 radical (unpaired) electrons. The van der Waals surface area contributed by atoms with Gasteiger partial charge in [0.15, 0.2) is 0 Å². The molecule has 112 valence electrons. The molecule has 0 unspecified atom stereocenters. The van der Waals surface area contributed by atoms with Gasteiger partial charge < -0.3 is 10.2 Å². The molecule has 0 aliphatic carbocycles. The molecular weight excluding hydrogens is 252 g/mol. The van der Waals surface area contributed by atoms with Crippen molar-refractivity contribution < 1.29 is 4.79 Å². The zero-order valence-corrected chi connectivity index (χ0v) is 12.8. The lowest BCUT2D eigenvalue weighted by Crippen LogP contribution is -2.40. The van der Waals surface area contributed by atoms with Crippen LogP contribution in [0.3, 0.4) is 0 Å². The topological polar surface area (TPSA) is 61.0 Å². The number of carbonyl (C=O) groups is 1. The van der Waals surface area contributed by atoms with Crippen LogP contribution in [0.25, 0.3) is 0 Å². The Balaban J connectivity index is 1.74. The van der Waals surface area contributed by atoms with Gasteiger partial charge in [-0.1, -0.05) is 20.8 Å². The Hall–Kier alpha value is -1.36. The Morgan fingerprint density at radius 2 is 2.40 bits per heavy atom. The SMILES string of the molecule is CC(C)c1cc(C(=O)NCCN2CCC[C@H](C)C2)n[nH]1. The second kappa shape index (κ2) is 6.88. The first-order valence-electron chi connectivity index (χ1n) is 7.62. The van der Waals surface area contributed by atoms with Crippen LogP contribution in [0.5, 0.6) is 0 Å². The summed E-state index contributed by atoms with van der Waals surface area (Å²) in [5.74, 6) is 1.05. The smallest absolute Gasteiger partial charge is 0.271 e. The number of aromatic nitrogens is 2. The summed E-state index contributed by atoms with van der Waals surface area (Å²) in [6.45, 7) is 10.4. The Bertz CT molecular complexity index is 441. The van der Waals surface area contributed by atoms with Crippen molar-refractivity contribution in [2.75, 3.05) is 26.2 Å². The first-order valence-corrected chi connectivity index (χ1v) is 7.62. The number of carbonyl (C=O) groups excluding carboxylic acids is 1. The lowest BCUT2D eigenvalue weighted by atomic mass is 10.0. The van der Waals surface area contributed by atoms with Gasteiger partial charge in [0, 0.05) is 25.3 Å². The lowest BCUT2D eigenvalue weighted by Gasteiger charge is -2.30. The standard InChI is InChI=1S/C15H26N4O/c1-11(2)13-9-14(18-17-13)15(20)16-6-8-19-7-4-5-12(3)10-19/h9,11-12H,4-8,10H2,1-3H3,(H,16,20)(H,17,18)/t12-/m0/s1. The van der Waals surface area contributed by atoms with Crippen molar-refractivity contribution in [3.05, 3.63) is 17.5 Å². The molecule has 1 aromatic heterocycles. The molecule has 1 saturated heterocycles. The summed E-state index contributed by atoms with van der Waals surface area (Å²) in [6.07, 6.45) is 2.60. The van der Waals surface area contributed by atoms with Gasteiger partial charge in [0.25, 0.3) is 5.91 Å². The third-order valence-electron chi connectivity index (χ3n) is 3.91. The molecule has 5 nitrogen and oxygen atoms in total. The van der Waals surface area contributed by atoms with Crippen molar-refractivity contribution in [3.63, 3.8) is 0 Å². The van der Waals surface area contributed by atoms with E-state index in [0.29, 0.717) is 18.2 Å². The lowest BCUT2D eigenvalue weighted by molar-refractivity contribution is 0.0939. The number of rotatable bonds is 5. The minimum Gasteiger partial charge on any atom is -0.349 e. The number of hydrogen-bond acceptors (Lipinski definition) is 3. The molecule has 0 spiro atoms. The molecule has 0 aromatic carbocycles. The van der Waals surface area contributed by atoms with Crippen LogP contribution < -0.4 is 5.32 Å². The molecule has 20 heavy (non-hydrogen) atoms. The first-order chi connectivity index (χ1) is 9.56. The quantitative estimate of drug-likeness (QED) is 0.866. The van der Waals surface area contributed by atoms with Crippen LogP contribution in [0.2, 0.25) is 0 Å². The highest BCUT2D eigenvalue weighted by Crippen LogP contribution is 2.14. The predicted octanol–water partition coefficient (Wildman–Crippen LogP) is 1.99. The maximum atomic E-state index is 12.0. The van der Waals surface area contributed by atoms with Crippen molar-refractivity contribution >= 4 is 5.91 Å². The molecule has 1 atom stereocenters. The van der Waals surface area contributed by atoms with Gasteiger partial charge in [-0.15, -0.1) is 0 Å². The molecular formula is C15H26N4O. The van der Waals surface area contributed by atoms with Gasteiger partial charge in [0.1, 0.15) is 5.69 Å². The van der Waals surface area contributed by atoms with Crippen molar-refractivity contribution in [2.45, 2.75) is 39.5 Å². The molecule has 1 fully saturated rings. The summed E-state index contributed by atoms with van der Waals surface area (Å²) in [5.41, 5.74) is 1.49. The van der Waals surface area contributed by atoms with Crippen LogP contribution in [0.15, 0.2) is 6.07 Å². The summed E-state index contributed by atoms with van der Waals surface area (Å²) >= 11 is 0. The van der Waals surface area contributed by atoms with E-state index >= 15 is 0 Å². The number of aromatic amines is 1. The molecule has 0 bridgehead atoms. The molecule has 2 heterocycles. The van der Waals surface area contributed by atoms with E-state index in [0.717, 1.165) is 31.2 Å². The van der Waals surface area contributed by atoms with Crippen LogP contribution in [0.4, 0.5) is 0 Å². The Labute approximate surface area is 121 Å². The molecule has 1 aromatic rings. The second-order valence-corrected chi connectivity index (χ2v) is 6.17. The summed E-state index contributed by atoms with van der Waals surface area (Å²) in [5, 5.41) is 9.92. The number of nitrogens with zero attached hydrogens (tertiary/aromatic N) is 2. The maximum absolute atomic E-state index is 12.0. The third-order valence-corrected chi connectivity index (χ3v) is 3.91. The van der Waals surface area contributed by atoms with E-state index in [1.54, 1.807) is 0 Å². The number of amides is 1. The summed E-state index contributed by atoms with van der Waals surface area (Å²) in [4.78, 5) is 14.4. The highest BCUT2D eigenvalue weighted by Gasteiger charge is 2.16. The number of nitrogens with one attached hydrogen (secondary N) is 2. The summed E-state index contributed by atoms with van der Waals surface area (Å²) in [7, 11) is 0. The minimum atomic E-state index is -0.0850. The predicted molar refractivity (Wildman–Crippen MR) is 79.8 cm³/mol. The van der Waals surface area contributed by atoms with Gasteiger partial charge in [-0.3, -0.25) is 9.89 Å². The third kappa shape index (κ3) is 4.07. The molecule has 1 amide bonds. The molecule has 5 heteroatoms. The maximum Gasteiger partial charge on any atom is 0.271 e. The van der Waals surface area contributed by atoms with Crippen molar-refractivity contribution in [3.8, 4) is 0 Å². The highest BCUT2D eigenvalue weighted by atomic mass is 16.1. The zero-order chi connectivity index (χ0) is 14.5. The molecule has 1 aliphatic heterocycles. The van der Waals surface area contributed by atoms with E-state index in [4.69, 9.17) is 0 Å². The molecule has 2 N–H and O–H groups in total. The largest absolute Gasteiger partial charge is 0.349 e. The van der Waals surface area contributed by atoms with Crippen LogP contribution in [0, 0.1) is 5.92 Å². The monoisotopic (exact) mass is 278 g/mol. The van der Waals surface area contributed by atoms with Crippen LogP contribution in [-0.2, 0) is 0 Å². The van der Waals surface area contributed by atoms with Crippen LogP contribution in [-0.4, -0.2) is 47.2 Å². The van der Waals surface area contributed by atoms with E-state index in [2.05, 4.69) is 41.2 Å². The van der Waals surface area contributed by atoms with Crippen LogP contribution in [0.1, 0.15) is 55.7 Å². The van der Waals surface area contributed by atoms with E-state index in [9.17, 15) is 4.79 Å². The van der Waals surface area contributed by atoms with E-state index in [-0.39, 0.29) is 5.91 Å². The summed E-state index contributed by atoms with van der Waals surface area (Å²) < 4.78 is 0. The number of hydrogen-bond donors (Lipinski definition) is 2.